The fourth-order valence-electron chi connectivity index (χ4n) is 2.10. The van der Waals surface area contributed by atoms with E-state index in [9.17, 15) is 9.18 Å². The van der Waals surface area contributed by atoms with Gasteiger partial charge in [-0.05, 0) is 0 Å². The Morgan fingerprint density at radius 3 is 2.50 bits per heavy atom. The van der Waals surface area contributed by atoms with Gasteiger partial charge in [0.2, 0.25) is 0 Å². The summed E-state index contributed by atoms with van der Waals surface area (Å²) in [4.78, 5) is 26.6. The number of hydrogen-bond donors (Lipinski definition) is 1. The van der Waals surface area contributed by atoms with Crippen LogP contribution in [0.2, 0.25) is 14.8 Å². The van der Waals surface area contributed by atoms with E-state index in [1.165, 1.54) is 18.5 Å². The van der Waals surface area contributed by atoms with Crippen LogP contribution in [-0.4, -0.2) is 40.0 Å². The van der Waals surface area contributed by atoms with Gasteiger partial charge in [-0.25, -0.2) is 0 Å². The van der Waals surface area contributed by atoms with Crippen molar-refractivity contribution in [3.8, 4) is 11.6 Å². The number of ether oxygens (including phenoxy) is 2. The van der Waals surface area contributed by atoms with E-state index in [-0.39, 0.29) is 11.4 Å². The van der Waals surface area contributed by atoms with Crippen molar-refractivity contribution in [2.24, 2.45) is 0 Å². The van der Waals surface area contributed by atoms with Crippen molar-refractivity contribution >= 4 is 33.7 Å². The van der Waals surface area contributed by atoms with Crippen LogP contribution in [0.15, 0.2) is 30.7 Å². The van der Waals surface area contributed by atoms with Gasteiger partial charge in [-0.1, -0.05) is 0 Å². The molecule has 0 aliphatic rings. The molecule has 0 aliphatic carbocycles. The van der Waals surface area contributed by atoms with Crippen LogP contribution in [0, 0.1) is 5.82 Å². The van der Waals surface area contributed by atoms with E-state index in [2.05, 4.69) is 30.1 Å². The van der Waals surface area contributed by atoms with E-state index in [1.807, 2.05) is 0 Å². The molecule has 0 saturated heterocycles. The molecule has 0 bridgehead atoms. The number of rotatable bonds is 4. The van der Waals surface area contributed by atoms with E-state index in [0.29, 0.717) is 5.88 Å². The fraction of sp³-hybridized carbons (Fsp3) is 0.389. The summed E-state index contributed by atoms with van der Waals surface area (Å²) in [6.45, 7) is 5.26. The van der Waals surface area contributed by atoms with Crippen LogP contribution in [-0.2, 0) is 4.74 Å². The number of benzene rings is 1. The average molecular weight is 468 g/mol. The third-order valence-corrected chi connectivity index (χ3v) is 8.86. The van der Waals surface area contributed by atoms with E-state index in [4.69, 9.17) is 9.47 Å². The second kappa shape index (κ2) is 7.77. The third kappa shape index (κ3) is 5.82. The number of anilines is 1. The molecule has 0 spiro atoms. The van der Waals surface area contributed by atoms with Crippen molar-refractivity contribution in [3.63, 3.8) is 0 Å². The molecule has 8 heteroatoms. The van der Waals surface area contributed by atoms with Gasteiger partial charge in [0.25, 0.3) is 0 Å². The molecule has 0 aliphatic heterocycles. The quantitative estimate of drug-likeness (QED) is 0.678. The van der Waals surface area contributed by atoms with Crippen LogP contribution in [0.1, 0.15) is 20.8 Å². The van der Waals surface area contributed by atoms with Crippen molar-refractivity contribution in [1.82, 2.24) is 9.97 Å². The standard InChI is InChI=1S/C15H15FN3O3.3CH3.Sn/c1-15(2,3)22-14(20)19-10-4-5-12(11(16)8-10)21-13-6-7-17-9-18-13;;;;/h4-5,7-9H,1-3H3,(H,19,20);3*1H3;. The second-order valence-electron chi connectivity index (χ2n) is 7.87. The number of aromatic nitrogens is 2. The number of amides is 1. The van der Waals surface area contributed by atoms with Gasteiger partial charge in [-0.15, -0.1) is 0 Å². The summed E-state index contributed by atoms with van der Waals surface area (Å²) in [5.41, 5.74) is -0.351. The van der Waals surface area contributed by atoms with E-state index < -0.39 is 35.9 Å². The molecule has 140 valence electrons. The van der Waals surface area contributed by atoms with Gasteiger partial charge in [-0.3, -0.25) is 0 Å². The molecule has 1 amide bonds. The maximum absolute atomic E-state index is 14.4. The Morgan fingerprint density at radius 2 is 1.92 bits per heavy atom. The molecule has 2 rings (SSSR count). The molecule has 0 radical (unpaired) electrons. The zero-order valence-corrected chi connectivity index (χ0v) is 18.7. The van der Waals surface area contributed by atoms with Crippen LogP contribution in [0.3, 0.4) is 0 Å². The zero-order chi connectivity index (χ0) is 19.5. The molecule has 1 aromatic heterocycles. The summed E-state index contributed by atoms with van der Waals surface area (Å²) >= 11 is -2.51. The van der Waals surface area contributed by atoms with E-state index in [1.54, 1.807) is 33.0 Å². The summed E-state index contributed by atoms with van der Waals surface area (Å²) in [5.74, 6) is -0.183. The van der Waals surface area contributed by atoms with Crippen LogP contribution in [0.4, 0.5) is 14.9 Å². The van der Waals surface area contributed by atoms with Gasteiger partial charge in [0, 0.05) is 0 Å². The number of hydrogen-bond acceptors (Lipinski definition) is 5. The number of carbonyl (C=O) groups excluding carboxylic acids is 1. The molecule has 0 saturated carbocycles. The molecule has 0 atom stereocenters. The first-order valence-corrected chi connectivity index (χ1v) is 18.2. The van der Waals surface area contributed by atoms with Crippen molar-refractivity contribution in [3.05, 3.63) is 36.5 Å². The molecule has 1 N–H and O–H groups in total. The number of halogens is 1. The van der Waals surface area contributed by atoms with Crippen LogP contribution in [0.5, 0.6) is 11.6 Å². The Hall–Kier alpha value is -1.90. The minimum atomic E-state index is -2.51. The zero-order valence-electron chi connectivity index (χ0n) is 15.9. The van der Waals surface area contributed by atoms with Crippen molar-refractivity contribution < 1.29 is 18.7 Å². The number of nitrogens with zero attached hydrogens (tertiary/aromatic N) is 2. The first kappa shape index (κ1) is 20.4. The Labute approximate surface area is 157 Å². The third-order valence-electron chi connectivity index (χ3n) is 3.27. The summed E-state index contributed by atoms with van der Waals surface area (Å²) in [7, 11) is 0. The molecular formula is C18H24FN3O3Sn. The molecule has 6 nitrogen and oxygen atoms in total. The van der Waals surface area contributed by atoms with Crippen LogP contribution < -0.4 is 13.6 Å². The predicted octanol–water partition coefficient (Wildman–Crippen LogP) is 4.30. The fourth-order valence-corrected chi connectivity index (χ4v) is 5.58. The number of carbonyl (C=O) groups is 1. The second-order valence-corrected chi connectivity index (χ2v) is 22.2. The monoisotopic (exact) mass is 469 g/mol. The average Bonchev–Trinajstić information content (AvgIpc) is 2.47. The van der Waals surface area contributed by atoms with Gasteiger partial charge >= 0.3 is 157 Å². The van der Waals surface area contributed by atoms with E-state index in [0.717, 1.165) is 3.58 Å². The van der Waals surface area contributed by atoms with Crippen molar-refractivity contribution in [2.45, 2.75) is 41.2 Å². The maximum atomic E-state index is 14.4. The minimum absolute atomic E-state index is 0.0372. The van der Waals surface area contributed by atoms with Crippen molar-refractivity contribution in [2.75, 3.05) is 5.32 Å². The Bertz CT molecular complexity index is 801. The summed E-state index contributed by atoms with van der Waals surface area (Å²) in [5, 5.41) is 2.49. The Kier molecular flexibility index (Phi) is 6.10. The van der Waals surface area contributed by atoms with Gasteiger partial charge < -0.3 is 0 Å². The molecule has 1 heterocycles. The van der Waals surface area contributed by atoms with E-state index >= 15 is 0 Å². The van der Waals surface area contributed by atoms with Gasteiger partial charge in [-0.2, -0.15) is 0 Å². The normalized spacial score (nSPS) is 11.8. The van der Waals surface area contributed by atoms with Crippen LogP contribution >= 0.6 is 0 Å². The van der Waals surface area contributed by atoms with Gasteiger partial charge in [0.15, 0.2) is 0 Å². The summed E-state index contributed by atoms with van der Waals surface area (Å²) < 4.78 is 26.2. The number of nitrogens with one attached hydrogen (secondary N) is 1. The summed E-state index contributed by atoms with van der Waals surface area (Å²) in [6, 6.07) is 4.18. The summed E-state index contributed by atoms with van der Waals surface area (Å²) in [6.07, 6.45) is 2.48. The van der Waals surface area contributed by atoms with Crippen LogP contribution in [0.25, 0.3) is 0 Å². The molecule has 2 aromatic rings. The molecule has 1 aromatic carbocycles. The first-order chi connectivity index (χ1) is 12.0. The Morgan fingerprint density at radius 1 is 1.23 bits per heavy atom. The molecule has 26 heavy (non-hydrogen) atoms. The Balaban J connectivity index is 2.18. The van der Waals surface area contributed by atoms with Crippen molar-refractivity contribution in [1.29, 1.82) is 0 Å². The molecule has 0 fully saturated rings. The molecule has 0 unspecified atom stereocenters. The first-order valence-electron chi connectivity index (χ1n) is 8.23. The topological polar surface area (TPSA) is 73.3 Å². The molecular weight excluding hydrogens is 444 g/mol. The van der Waals surface area contributed by atoms with Gasteiger partial charge in [0.05, 0.1) is 0 Å². The van der Waals surface area contributed by atoms with Gasteiger partial charge in [0.1, 0.15) is 0 Å². The SMILES string of the molecule is CC(C)(C)OC(=O)Nc1ccc(Oc2ncnc[c]2[Sn]([CH3])([CH3])[CH3])c(F)c1. The predicted molar refractivity (Wildman–Crippen MR) is 101 cm³/mol.